The summed E-state index contributed by atoms with van der Waals surface area (Å²) in [6, 6.07) is 6.95. The van der Waals surface area contributed by atoms with Crippen LogP contribution >= 0.6 is 11.6 Å². The Morgan fingerprint density at radius 2 is 2.16 bits per heavy atom. The van der Waals surface area contributed by atoms with Crippen molar-refractivity contribution in [1.29, 1.82) is 0 Å². The number of carbonyl (C=O) groups is 1. The summed E-state index contributed by atoms with van der Waals surface area (Å²) in [7, 11) is 1.59. The third-order valence-corrected chi connectivity index (χ3v) is 2.78. The summed E-state index contributed by atoms with van der Waals surface area (Å²) >= 11 is 5.74. The van der Waals surface area contributed by atoms with E-state index in [1.807, 2.05) is 0 Å². The fourth-order valence-electron chi connectivity index (χ4n) is 1.59. The van der Waals surface area contributed by atoms with Crippen molar-refractivity contribution in [2.24, 2.45) is 0 Å². The molecule has 0 bridgehead atoms. The summed E-state index contributed by atoms with van der Waals surface area (Å²) in [6.45, 7) is 1.07. The predicted molar refractivity (Wildman–Crippen MR) is 72.6 cm³/mol. The molecule has 0 spiro atoms. The first-order valence-corrected chi connectivity index (χ1v) is 6.17. The van der Waals surface area contributed by atoms with Crippen molar-refractivity contribution >= 4 is 17.5 Å². The molecule has 0 fully saturated rings. The van der Waals surface area contributed by atoms with Crippen LogP contribution in [0.1, 0.15) is 10.4 Å². The molecule has 0 aliphatic rings. The third kappa shape index (κ3) is 3.72. The van der Waals surface area contributed by atoms with Crippen LogP contribution in [0.25, 0.3) is 0 Å². The minimum absolute atomic E-state index is 0.124. The molecule has 0 aliphatic heterocycles. The van der Waals surface area contributed by atoms with Crippen LogP contribution in [-0.2, 0) is 6.54 Å². The van der Waals surface area contributed by atoms with Gasteiger partial charge in [-0.25, -0.2) is 0 Å². The first-order valence-electron chi connectivity index (χ1n) is 5.79. The van der Waals surface area contributed by atoms with Gasteiger partial charge in [0, 0.05) is 18.3 Å². The van der Waals surface area contributed by atoms with Crippen LogP contribution in [-0.4, -0.2) is 29.3 Å². The Kier molecular flexibility index (Phi) is 4.41. The second-order valence-electron chi connectivity index (χ2n) is 3.91. The van der Waals surface area contributed by atoms with Gasteiger partial charge in [-0.15, -0.1) is 0 Å². The summed E-state index contributed by atoms with van der Waals surface area (Å²) in [5, 5.41) is 7.42. The van der Waals surface area contributed by atoms with E-state index in [1.165, 1.54) is 0 Å². The highest BCUT2D eigenvalue weighted by Crippen LogP contribution is 2.11. The summed E-state index contributed by atoms with van der Waals surface area (Å²) in [5.74, 6) is 0.601. The molecule has 1 aromatic heterocycles. The van der Waals surface area contributed by atoms with Gasteiger partial charge in [-0.05, 0) is 24.3 Å². The van der Waals surface area contributed by atoms with Gasteiger partial charge < -0.3 is 10.1 Å². The van der Waals surface area contributed by atoms with E-state index < -0.39 is 0 Å². The molecular weight excluding hydrogens is 266 g/mol. The quantitative estimate of drug-likeness (QED) is 0.910. The summed E-state index contributed by atoms with van der Waals surface area (Å²) < 4.78 is 6.71. The van der Waals surface area contributed by atoms with Crippen LogP contribution in [0, 0.1) is 0 Å². The van der Waals surface area contributed by atoms with Gasteiger partial charge in [0.25, 0.3) is 5.91 Å². The summed E-state index contributed by atoms with van der Waals surface area (Å²) in [5.41, 5.74) is 0.597. The smallest absolute Gasteiger partial charge is 0.251 e. The van der Waals surface area contributed by atoms with Crippen molar-refractivity contribution in [2.75, 3.05) is 13.7 Å². The van der Waals surface area contributed by atoms with Gasteiger partial charge in [0.05, 0.1) is 24.9 Å². The van der Waals surface area contributed by atoms with Crippen LogP contribution in [0.4, 0.5) is 0 Å². The van der Waals surface area contributed by atoms with Crippen LogP contribution in [0.5, 0.6) is 5.75 Å². The number of halogens is 1. The Balaban J connectivity index is 1.83. The lowest BCUT2D eigenvalue weighted by atomic mass is 10.2. The van der Waals surface area contributed by atoms with E-state index in [2.05, 4.69) is 10.4 Å². The Hall–Kier alpha value is -2.01. The van der Waals surface area contributed by atoms with Crippen molar-refractivity contribution in [3.8, 4) is 5.75 Å². The third-order valence-electron chi connectivity index (χ3n) is 2.58. The number of carbonyl (C=O) groups excluding carboxylic acids is 1. The molecule has 100 valence electrons. The average molecular weight is 280 g/mol. The molecule has 6 heteroatoms. The maximum atomic E-state index is 11.8. The summed E-state index contributed by atoms with van der Waals surface area (Å²) in [4.78, 5) is 11.8. The highest BCUT2D eigenvalue weighted by Gasteiger charge is 2.05. The second-order valence-corrected chi connectivity index (χ2v) is 4.34. The number of benzene rings is 1. The topological polar surface area (TPSA) is 56.1 Å². The van der Waals surface area contributed by atoms with Gasteiger partial charge in [0.1, 0.15) is 5.75 Å². The lowest BCUT2D eigenvalue weighted by Crippen LogP contribution is -2.27. The molecule has 1 heterocycles. The SMILES string of the molecule is COc1ccc(C(=O)NCCn2cc(Cl)cn2)cc1. The number of hydrogen-bond acceptors (Lipinski definition) is 3. The van der Waals surface area contributed by atoms with Crippen LogP contribution in [0.2, 0.25) is 5.02 Å². The highest BCUT2D eigenvalue weighted by molar-refractivity contribution is 6.30. The molecule has 19 heavy (non-hydrogen) atoms. The fraction of sp³-hybridized carbons (Fsp3) is 0.231. The molecule has 1 N–H and O–H groups in total. The lowest BCUT2D eigenvalue weighted by molar-refractivity contribution is 0.0952. The van der Waals surface area contributed by atoms with Crippen molar-refractivity contribution in [3.05, 3.63) is 47.2 Å². The molecule has 0 saturated heterocycles. The molecule has 2 rings (SSSR count). The number of methoxy groups -OCH3 is 1. The Morgan fingerprint density at radius 3 is 2.74 bits per heavy atom. The number of aromatic nitrogens is 2. The van der Waals surface area contributed by atoms with E-state index in [4.69, 9.17) is 16.3 Å². The standard InChI is InChI=1S/C13H14ClN3O2/c1-19-12-4-2-10(3-5-12)13(18)15-6-7-17-9-11(14)8-16-17/h2-5,8-9H,6-7H2,1H3,(H,15,18). The molecule has 1 amide bonds. The average Bonchev–Trinajstić information content (AvgIpc) is 2.84. The number of nitrogens with zero attached hydrogens (tertiary/aromatic N) is 2. The minimum Gasteiger partial charge on any atom is -0.497 e. The molecule has 2 aromatic rings. The van der Waals surface area contributed by atoms with Crippen LogP contribution in [0.3, 0.4) is 0 Å². The number of hydrogen-bond donors (Lipinski definition) is 1. The van der Waals surface area contributed by atoms with Crippen molar-refractivity contribution in [3.63, 3.8) is 0 Å². The van der Waals surface area contributed by atoms with Gasteiger partial charge in [-0.3, -0.25) is 9.48 Å². The normalized spacial score (nSPS) is 10.2. The Bertz CT molecular complexity index is 551. The van der Waals surface area contributed by atoms with Crippen molar-refractivity contribution in [1.82, 2.24) is 15.1 Å². The second kappa shape index (κ2) is 6.24. The zero-order chi connectivity index (χ0) is 13.7. The van der Waals surface area contributed by atoms with E-state index >= 15 is 0 Å². The van der Waals surface area contributed by atoms with E-state index in [-0.39, 0.29) is 5.91 Å². The van der Waals surface area contributed by atoms with Crippen LogP contribution < -0.4 is 10.1 Å². The van der Waals surface area contributed by atoms with Crippen molar-refractivity contribution < 1.29 is 9.53 Å². The van der Waals surface area contributed by atoms with Crippen molar-refractivity contribution in [2.45, 2.75) is 6.54 Å². The number of rotatable bonds is 5. The van der Waals surface area contributed by atoms with Gasteiger partial charge in [-0.2, -0.15) is 5.10 Å². The largest absolute Gasteiger partial charge is 0.497 e. The summed E-state index contributed by atoms with van der Waals surface area (Å²) in [6.07, 6.45) is 3.27. The van der Waals surface area contributed by atoms with Crippen LogP contribution in [0.15, 0.2) is 36.7 Å². The lowest BCUT2D eigenvalue weighted by Gasteiger charge is -2.06. The zero-order valence-corrected chi connectivity index (χ0v) is 11.2. The van der Waals surface area contributed by atoms with E-state index in [1.54, 1.807) is 48.5 Å². The molecule has 0 unspecified atom stereocenters. The zero-order valence-electron chi connectivity index (χ0n) is 10.5. The van der Waals surface area contributed by atoms with Gasteiger partial charge in [0.15, 0.2) is 0 Å². The van der Waals surface area contributed by atoms with E-state index in [0.717, 1.165) is 5.75 Å². The number of nitrogens with one attached hydrogen (secondary N) is 1. The Labute approximate surface area is 116 Å². The first-order chi connectivity index (χ1) is 9.19. The molecular formula is C13H14ClN3O2. The fourth-order valence-corrected chi connectivity index (χ4v) is 1.75. The minimum atomic E-state index is -0.124. The maximum absolute atomic E-state index is 11.8. The first kappa shape index (κ1) is 13.4. The molecule has 0 saturated carbocycles. The molecule has 0 aliphatic carbocycles. The highest BCUT2D eigenvalue weighted by atomic mass is 35.5. The van der Waals surface area contributed by atoms with E-state index in [0.29, 0.717) is 23.7 Å². The number of amides is 1. The predicted octanol–water partition coefficient (Wildman–Crippen LogP) is 1.98. The molecule has 0 radical (unpaired) electrons. The Morgan fingerprint density at radius 1 is 1.42 bits per heavy atom. The van der Waals surface area contributed by atoms with Gasteiger partial charge >= 0.3 is 0 Å². The maximum Gasteiger partial charge on any atom is 0.251 e. The molecule has 1 aromatic carbocycles. The monoisotopic (exact) mass is 279 g/mol. The molecule has 0 atom stereocenters. The number of ether oxygens (including phenoxy) is 1. The van der Waals surface area contributed by atoms with Gasteiger partial charge in [-0.1, -0.05) is 11.6 Å². The van der Waals surface area contributed by atoms with Gasteiger partial charge in [0.2, 0.25) is 0 Å². The molecule has 5 nitrogen and oxygen atoms in total. The van der Waals surface area contributed by atoms with E-state index in [9.17, 15) is 4.79 Å².